The van der Waals surface area contributed by atoms with Crippen LogP contribution in [0.25, 0.3) is 0 Å². The molecule has 0 heterocycles. The predicted octanol–water partition coefficient (Wildman–Crippen LogP) is 21.6. The van der Waals surface area contributed by atoms with Gasteiger partial charge in [-0.25, -0.2) is 0 Å². The van der Waals surface area contributed by atoms with Crippen molar-refractivity contribution < 1.29 is 24.5 Å². The van der Waals surface area contributed by atoms with E-state index in [2.05, 4.69) is 31.3 Å². The minimum atomic E-state index is -0.667. The van der Waals surface area contributed by atoms with E-state index in [-0.39, 0.29) is 18.5 Å². The Morgan fingerprint density at radius 3 is 0.959 bits per heavy atom. The smallest absolute Gasteiger partial charge is 0.305 e. The van der Waals surface area contributed by atoms with Crippen LogP contribution < -0.4 is 5.32 Å². The second kappa shape index (κ2) is 64.1. The first-order valence-electron chi connectivity index (χ1n) is 33.9. The number of carbonyl (C=O) groups excluding carboxylic acids is 2. The van der Waals surface area contributed by atoms with Gasteiger partial charge in [0, 0.05) is 12.8 Å². The van der Waals surface area contributed by atoms with Crippen LogP contribution in [0.5, 0.6) is 0 Å². The number of carbonyl (C=O) groups is 2. The van der Waals surface area contributed by atoms with Gasteiger partial charge >= 0.3 is 5.97 Å². The lowest BCUT2D eigenvalue weighted by Crippen LogP contribution is -2.45. The van der Waals surface area contributed by atoms with Crippen molar-refractivity contribution in [2.75, 3.05) is 13.2 Å². The number of ether oxygens (including phenoxy) is 1. The average Bonchev–Trinajstić information content (AvgIpc) is 3.40. The van der Waals surface area contributed by atoms with Crippen LogP contribution in [0.15, 0.2) is 12.2 Å². The molecule has 0 saturated carbocycles. The van der Waals surface area contributed by atoms with Crippen LogP contribution in [-0.4, -0.2) is 47.4 Å². The molecule has 6 heteroatoms. The zero-order valence-corrected chi connectivity index (χ0v) is 50.4. The van der Waals surface area contributed by atoms with Crippen molar-refractivity contribution in [3.63, 3.8) is 0 Å². The Bertz CT molecular complexity index is 1110. The molecular weight excluding hydrogens is 911 g/mol. The van der Waals surface area contributed by atoms with E-state index in [0.29, 0.717) is 25.9 Å². The van der Waals surface area contributed by atoms with Crippen molar-refractivity contribution in [3.05, 3.63) is 12.2 Å². The second-order valence-electron chi connectivity index (χ2n) is 23.5. The Kier molecular flexibility index (Phi) is 62.9. The highest BCUT2D eigenvalue weighted by Crippen LogP contribution is 2.19. The van der Waals surface area contributed by atoms with Crippen molar-refractivity contribution in [2.45, 2.75) is 398 Å². The number of rotatable bonds is 64. The summed E-state index contributed by atoms with van der Waals surface area (Å²) in [7, 11) is 0. The van der Waals surface area contributed by atoms with Crippen LogP contribution in [-0.2, 0) is 14.3 Å². The summed E-state index contributed by atoms with van der Waals surface area (Å²) in [5.41, 5.74) is 0. The van der Waals surface area contributed by atoms with Gasteiger partial charge in [-0.05, 0) is 51.4 Å². The first kappa shape index (κ1) is 72.6. The van der Waals surface area contributed by atoms with Crippen molar-refractivity contribution in [1.82, 2.24) is 5.32 Å². The minimum absolute atomic E-state index is 0.0173. The molecule has 3 N–H and O–H groups in total. The molecule has 0 saturated heterocycles. The van der Waals surface area contributed by atoms with Gasteiger partial charge in [0.05, 0.1) is 25.4 Å². The minimum Gasteiger partial charge on any atom is -0.466 e. The monoisotopic (exact) mass is 1040 g/mol. The summed E-state index contributed by atoms with van der Waals surface area (Å²) in [6.45, 7) is 4.99. The Labute approximate surface area is 463 Å². The second-order valence-corrected chi connectivity index (χ2v) is 23.5. The molecule has 6 nitrogen and oxygen atoms in total. The third-order valence-electron chi connectivity index (χ3n) is 16.1. The van der Waals surface area contributed by atoms with E-state index in [4.69, 9.17) is 4.74 Å². The summed E-state index contributed by atoms with van der Waals surface area (Å²) in [5, 5.41) is 23.3. The van der Waals surface area contributed by atoms with Crippen LogP contribution in [0.2, 0.25) is 0 Å². The van der Waals surface area contributed by atoms with E-state index in [1.54, 1.807) is 0 Å². The molecule has 440 valence electrons. The largest absolute Gasteiger partial charge is 0.466 e. The molecule has 0 aromatic heterocycles. The van der Waals surface area contributed by atoms with Gasteiger partial charge in [-0.15, -0.1) is 0 Å². The van der Waals surface area contributed by atoms with Crippen molar-refractivity contribution in [1.29, 1.82) is 0 Å². The number of allylic oxidation sites excluding steroid dienone is 2. The van der Waals surface area contributed by atoms with Gasteiger partial charge in [0.15, 0.2) is 0 Å². The molecule has 0 bridgehead atoms. The molecule has 0 aromatic carbocycles. The van der Waals surface area contributed by atoms with Gasteiger partial charge in [-0.3, -0.25) is 9.59 Å². The molecule has 0 radical (unpaired) electrons. The number of hydrogen-bond donors (Lipinski definition) is 3. The molecule has 74 heavy (non-hydrogen) atoms. The van der Waals surface area contributed by atoms with Crippen molar-refractivity contribution >= 4 is 11.9 Å². The number of hydrogen-bond acceptors (Lipinski definition) is 5. The maximum Gasteiger partial charge on any atom is 0.305 e. The summed E-state index contributed by atoms with van der Waals surface area (Å²) in [5.74, 6) is -0.0211. The molecular formula is C68H133NO5. The maximum absolute atomic E-state index is 12.5. The number of nitrogens with one attached hydrogen (secondary N) is 1. The molecule has 2 atom stereocenters. The maximum atomic E-state index is 12.5. The highest BCUT2D eigenvalue weighted by molar-refractivity contribution is 5.76. The molecule has 0 fully saturated rings. The van der Waals surface area contributed by atoms with Crippen LogP contribution in [0.1, 0.15) is 386 Å². The van der Waals surface area contributed by atoms with Gasteiger partial charge in [0.2, 0.25) is 5.91 Å². The average molecular weight is 1040 g/mol. The first-order valence-corrected chi connectivity index (χ1v) is 33.9. The summed E-state index contributed by atoms with van der Waals surface area (Å²) in [6.07, 6.45) is 78.2. The molecule has 0 aliphatic rings. The molecule has 0 aromatic rings. The molecule has 0 rings (SSSR count). The van der Waals surface area contributed by atoms with Gasteiger partial charge < -0.3 is 20.3 Å². The fourth-order valence-corrected chi connectivity index (χ4v) is 10.9. The molecule has 2 unspecified atom stereocenters. The standard InChI is InChI=1S/C68H133NO5/c1-3-5-7-9-11-13-15-17-19-20-26-30-34-38-42-46-50-54-58-62-68(73)74-63-59-55-51-47-43-39-35-31-28-25-23-21-22-24-27-29-33-37-41-45-49-53-57-61-67(72)69-65(64-70)66(71)60-56-52-48-44-40-36-32-18-16-14-12-10-8-6-4-2/h24,27,65-66,70-71H,3-23,25-26,28-64H2,1-2H3,(H,69,72)/b27-24-. The third kappa shape index (κ3) is 59.8. The summed E-state index contributed by atoms with van der Waals surface area (Å²) in [4.78, 5) is 24.6. The third-order valence-corrected chi connectivity index (χ3v) is 16.1. The molecule has 0 aliphatic carbocycles. The van der Waals surface area contributed by atoms with Crippen LogP contribution in [0.3, 0.4) is 0 Å². The lowest BCUT2D eigenvalue weighted by Gasteiger charge is -2.22. The Balaban J connectivity index is 3.37. The lowest BCUT2D eigenvalue weighted by atomic mass is 10.0. The zero-order chi connectivity index (χ0) is 53.6. The van der Waals surface area contributed by atoms with E-state index in [0.717, 1.165) is 38.5 Å². The Hall–Kier alpha value is -1.40. The highest BCUT2D eigenvalue weighted by atomic mass is 16.5. The summed E-state index contributed by atoms with van der Waals surface area (Å²) < 4.78 is 5.51. The fraction of sp³-hybridized carbons (Fsp3) is 0.941. The summed E-state index contributed by atoms with van der Waals surface area (Å²) in [6, 6.07) is -0.545. The van der Waals surface area contributed by atoms with Crippen LogP contribution in [0, 0.1) is 0 Å². The Morgan fingerprint density at radius 2 is 0.635 bits per heavy atom. The number of aliphatic hydroxyl groups is 2. The zero-order valence-electron chi connectivity index (χ0n) is 50.4. The van der Waals surface area contributed by atoms with Crippen molar-refractivity contribution in [2.24, 2.45) is 0 Å². The Morgan fingerprint density at radius 1 is 0.365 bits per heavy atom. The first-order chi connectivity index (χ1) is 36.5. The number of esters is 1. The quantitative estimate of drug-likeness (QED) is 0.0320. The van der Waals surface area contributed by atoms with Gasteiger partial charge in [0.1, 0.15) is 0 Å². The number of unbranched alkanes of at least 4 members (excludes halogenated alkanes) is 51. The van der Waals surface area contributed by atoms with Gasteiger partial charge in [-0.2, -0.15) is 0 Å². The fourth-order valence-electron chi connectivity index (χ4n) is 10.9. The van der Waals surface area contributed by atoms with Crippen LogP contribution in [0.4, 0.5) is 0 Å². The lowest BCUT2D eigenvalue weighted by molar-refractivity contribution is -0.143. The molecule has 0 aliphatic heterocycles. The van der Waals surface area contributed by atoms with E-state index in [1.807, 2.05) is 0 Å². The normalized spacial score (nSPS) is 12.5. The van der Waals surface area contributed by atoms with E-state index in [1.165, 1.54) is 315 Å². The topological polar surface area (TPSA) is 95.9 Å². The molecule has 1 amide bonds. The van der Waals surface area contributed by atoms with E-state index in [9.17, 15) is 19.8 Å². The number of amides is 1. The predicted molar refractivity (Wildman–Crippen MR) is 324 cm³/mol. The van der Waals surface area contributed by atoms with Gasteiger partial charge in [-0.1, -0.05) is 334 Å². The highest BCUT2D eigenvalue weighted by Gasteiger charge is 2.20. The number of aliphatic hydroxyl groups excluding tert-OH is 2. The van der Waals surface area contributed by atoms with Gasteiger partial charge in [0.25, 0.3) is 0 Å². The van der Waals surface area contributed by atoms with Crippen LogP contribution >= 0.6 is 0 Å². The van der Waals surface area contributed by atoms with E-state index >= 15 is 0 Å². The summed E-state index contributed by atoms with van der Waals surface area (Å²) >= 11 is 0. The SMILES string of the molecule is CCCCCCCCCCCCCCCCCCCCCC(=O)OCCCCCCCCCCCCCC/C=C\CCCCCCCCCC(=O)NC(CO)C(O)CCCCCCCCCCCCCCCCC. The van der Waals surface area contributed by atoms with Crippen molar-refractivity contribution in [3.8, 4) is 0 Å². The van der Waals surface area contributed by atoms with E-state index < -0.39 is 12.1 Å². The molecule has 0 spiro atoms.